The molecule has 0 unspecified atom stereocenters. The van der Waals surface area contributed by atoms with Crippen LogP contribution in [-0.4, -0.2) is 58.6 Å². The van der Waals surface area contributed by atoms with E-state index in [9.17, 15) is 4.79 Å². The zero-order valence-electron chi connectivity index (χ0n) is 17.7. The van der Waals surface area contributed by atoms with Crippen molar-refractivity contribution in [1.29, 1.82) is 0 Å². The van der Waals surface area contributed by atoms with Gasteiger partial charge in [0.15, 0.2) is 0 Å². The topological polar surface area (TPSA) is 62.5 Å². The number of nitrogens with zero attached hydrogens (tertiary/aromatic N) is 4. The molecule has 2 aromatic heterocycles. The average Bonchev–Trinajstić information content (AvgIpc) is 3.15. The van der Waals surface area contributed by atoms with Crippen molar-refractivity contribution in [3.63, 3.8) is 0 Å². The first kappa shape index (κ1) is 20.1. The molecule has 4 rings (SSSR count). The van der Waals surface area contributed by atoms with Gasteiger partial charge in [0.1, 0.15) is 5.76 Å². The summed E-state index contributed by atoms with van der Waals surface area (Å²) in [6.45, 7) is 8.43. The third-order valence-corrected chi connectivity index (χ3v) is 6.35. The number of hydrogen-bond acceptors (Lipinski definition) is 5. The number of rotatable bonds is 5. The van der Waals surface area contributed by atoms with E-state index in [2.05, 4.69) is 29.1 Å². The second-order valence-corrected chi connectivity index (χ2v) is 8.36. The minimum atomic E-state index is 0.291. The van der Waals surface area contributed by atoms with Crippen molar-refractivity contribution in [2.24, 2.45) is 0 Å². The van der Waals surface area contributed by atoms with Crippen LogP contribution in [0, 0.1) is 6.92 Å². The highest BCUT2D eigenvalue weighted by Gasteiger charge is 2.26. The molecule has 0 bridgehead atoms. The molecule has 0 saturated carbocycles. The monoisotopic (exact) mass is 396 g/mol. The summed E-state index contributed by atoms with van der Waals surface area (Å²) in [4.78, 5) is 22.0. The maximum absolute atomic E-state index is 12.7. The highest BCUT2D eigenvalue weighted by Crippen LogP contribution is 2.31. The average molecular weight is 397 g/mol. The maximum Gasteiger partial charge on any atom is 0.236 e. The third-order valence-electron chi connectivity index (χ3n) is 6.35. The lowest BCUT2D eigenvalue weighted by atomic mass is 9.92. The lowest BCUT2D eigenvalue weighted by molar-refractivity contribution is -0.133. The molecule has 0 radical (unpaired) electrons. The summed E-state index contributed by atoms with van der Waals surface area (Å²) in [6, 6.07) is 6.24. The van der Waals surface area contributed by atoms with Gasteiger partial charge in [-0.15, -0.1) is 0 Å². The van der Waals surface area contributed by atoms with E-state index in [1.165, 1.54) is 19.3 Å². The van der Waals surface area contributed by atoms with E-state index in [0.717, 1.165) is 73.8 Å². The van der Waals surface area contributed by atoms with Gasteiger partial charge in [-0.25, -0.2) is 0 Å². The first-order valence-corrected chi connectivity index (χ1v) is 11.1. The highest BCUT2D eigenvalue weighted by molar-refractivity contribution is 5.78. The third kappa shape index (κ3) is 4.53. The number of aryl methyl sites for hydroxylation is 2. The summed E-state index contributed by atoms with van der Waals surface area (Å²) < 4.78 is 5.45. The molecule has 2 aromatic rings. The summed E-state index contributed by atoms with van der Waals surface area (Å²) in [6.07, 6.45) is 6.51. The summed E-state index contributed by atoms with van der Waals surface area (Å²) in [5, 5.41) is 4.12. The lowest BCUT2D eigenvalue weighted by Crippen LogP contribution is -2.45. The van der Waals surface area contributed by atoms with Gasteiger partial charge in [-0.05, 0) is 57.8 Å². The molecule has 0 aromatic carbocycles. The number of carbonyl (C=O) groups is 1. The summed E-state index contributed by atoms with van der Waals surface area (Å²) >= 11 is 0. The second kappa shape index (κ2) is 9.08. The van der Waals surface area contributed by atoms with Crippen LogP contribution in [-0.2, 0) is 11.2 Å². The van der Waals surface area contributed by atoms with Crippen molar-refractivity contribution in [2.45, 2.75) is 58.3 Å². The molecule has 2 saturated heterocycles. The molecule has 0 N–H and O–H groups in total. The summed E-state index contributed by atoms with van der Waals surface area (Å²) in [7, 11) is 0. The smallest absolute Gasteiger partial charge is 0.236 e. The zero-order valence-corrected chi connectivity index (χ0v) is 17.7. The van der Waals surface area contributed by atoms with Crippen LogP contribution in [0.1, 0.15) is 62.1 Å². The molecule has 4 heterocycles. The summed E-state index contributed by atoms with van der Waals surface area (Å²) in [5.74, 6) is 1.59. The van der Waals surface area contributed by atoms with Crippen molar-refractivity contribution >= 4 is 5.91 Å². The lowest BCUT2D eigenvalue weighted by Gasteiger charge is -2.34. The van der Waals surface area contributed by atoms with Gasteiger partial charge in [0, 0.05) is 31.1 Å². The molecule has 0 atom stereocenters. The Bertz CT molecular complexity index is 833. The molecule has 2 fully saturated rings. The van der Waals surface area contributed by atoms with Crippen LogP contribution < -0.4 is 0 Å². The number of pyridine rings is 1. The molecule has 2 aliphatic rings. The zero-order chi connectivity index (χ0) is 20.2. The Morgan fingerprint density at radius 3 is 2.62 bits per heavy atom. The minimum Gasteiger partial charge on any atom is -0.360 e. The number of amides is 1. The van der Waals surface area contributed by atoms with Crippen molar-refractivity contribution < 1.29 is 9.32 Å². The minimum absolute atomic E-state index is 0.291. The molecule has 1 amide bonds. The number of aromatic nitrogens is 2. The SMILES string of the molecule is CCc1onc(C)c1-c1cccc(C2CCN(C(=O)CN3CCCCC3)CC2)n1. The van der Waals surface area contributed by atoms with Crippen LogP contribution in [0.2, 0.25) is 0 Å². The fourth-order valence-corrected chi connectivity index (χ4v) is 4.64. The van der Waals surface area contributed by atoms with E-state index in [0.29, 0.717) is 18.4 Å². The number of likely N-dealkylation sites (tertiary alicyclic amines) is 2. The van der Waals surface area contributed by atoms with Gasteiger partial charge in [-0.2, -0.15) is 0 Å². The van der Waals surface area contributed by atoms with Crippen LogP contribution in [0.15, 0.2) is 22.7 Å². The standard InChI is InChI=1S/C23H32N4O2/c1-3-21-23(17(2)25-29-21)20-9-7-8-19(24-20)18-10-14-27(15-11-18)22(28)16-26-12-5-4-6-13-26/h7-9,18H,3-6,10-16H2,1-2H3. The van der Waals surface area contributed by atoms with Gasteiger partial charge in [-0.1, -0.05) is 24.6 Å². The van der Waals surface area contributed by atoms with E-state index in [-0.39, 0.29) is 0 Å². The van der Waals surface area contributed by atoms with Crippen molar-refractivity contribution in [2.75, 3.05) is 32.7 Å². The first-order valence-electron chi connectivity index (χ1n) is 11.1. The first-order chi connectivity index (χ1) is 14.2. The van der Waals surface area contributed by atoms with Crippen LogP contribution in [0.25, 0.3) is 11.3 Å². The normalized spacial score (nSPS) is 18.9. The van der Waals surface area contributed by atoms with Gasteiger partial charge in [-0.3, -0.25) is 14.7 Å². The molecule has 0 spiro atoms. The molecular formula is C23H32N4O2. The summed E-state index contributed by atoms with van der Waals surface area (Å²) in [5.41, 5.74) is 3.99. The fourth-order valence-electron chi connectivity index (χ4n) is 4.64. The predicted molar refractivity (Wildman–Crippen MR) is 113 cm³/mol. The van der Waals surface area contributed by atoms with Crippen molar-refractivity contribution in [3.05, 3.63) is 35.3 Å². The quantitative estimate of drug-likeness (QED) is 0.769. The number of carbonyl (C=O) groups excluding carboxylic acids is 1. The number of hydrogen-bond donors (Lipinski definition) is 0. The number of piperidine rings is 2. The van der Waals surface area contributed by atoms with Crippen molar-refractivity contribution in [1.82, 2.24) is 19.9 Å². The fraction of sp³-hybridized carbons (Fsp3) is 0.609. The molecule has 0 aliphatic carbocycles. The Morgan fingerprint density at radius 2 is 1.90 bits per heavy atom. The van der Waals surface area contributed by atoms with Gasteiger partial charge in [0.2, 0.25) is 5.91 Å². The van der Waals surface area contributed by atoms with Crippen LogP contribution in [0.3, 0.4) is 0 Å². The Morgan fingerprint density at radius 1 is 1.14 bits per heavy atom. The Labute approximate surface area is 173 Å². The molecule has 6 heteroatoms. The van der Waals surface area contributed by atoms with E-state index in [1.54, 1.807) is 0 Å². The van der Waals surface area contributed by atoms with Crippen LogP contribution >= 0.6 is 0 Å². The Balaban J connectivity index is 1.38. The van der Waals surface area contributed by atoms with Crippen molar-refractivity contribution in [3.8, 4) is 11.3 Å². The van der Waals surface area contributed by atoms with Gasteiger partial charge in [0.05, 0.1) is 23.5 Å². The van der Waals surface area contributed by atoms with Gasteiger partial charge < -0.3 is 9.42 Å². The Hall–Kier alpha value is -2.21. The van der Waals surface area contributed by atoms with Crippen LogP contribution in [0.4, 0.5) is 0 Å². The second-order valence-electron chi connectivity index (χ2n) is 8.36. The largest absolute Gasteiger partial charge is 0.360 e. The Kier molecular flexibility index (Phi) is 6.28. The van der Waals surface area contributed by atoms with E-state index >= 15 is 0 Å². The molecular weight excluding hydrogens is 364 g/mol. The van der Waals surface area contributed by atoms with E-state index in [4.69, 9.17) is 9.51 Å². The van der Waals surface area contributed by atoms with E-state index < -0.39 is 0 Å². The van der Waals surface area contributed by atoms with E-state index in [1.807, 2.05) is 17.9 Å². The van der Waals surface area contributed by atoms with Crippen LogP contribution in [0.5, 0.6) is 0 Å². The molecule has 6 nitrogen and oxygen atoms in total. The van der Waals surface area contributed by atoms with Gasteiger partial charge >= 0.3 is 0 Å². The maximum atomic E-state index is 12.7. The molecule has 156 valence electrons. The van der Waals surface area contributed by atoms with Gasteiger partial charge in [0.25, 0.3) is 0 Å². The molecule has 2 aliphatic heterocycles. The highest BCUT2D eigenvalue weighted by atomic mass is 16.5. The molecule has 29 heavy (non-hydrogen) atoms. The predicted octanol–water partition coefficient (Wildman–Crippen LogP) is 3.80.